The van der Waals surface area contributed by atoms with Gasteiger partial charge in [-0.3, -0.25) is 4.79 Å². The normalized spacial score (nSPS) is 10.1. The van der Waals surface area contributed by atoms with Crippen LogP contribution in [0.3, 0.4) is 0 Å². The van der Waals surface area contributed by atoms with Crippen LogP contribution in [0.1, 0.15) is 16.1 Å². The molecule has 0 amide bonds. The standard InChI is InChI=1S/C9H8N4O/c1-7-8(6-14)5-13(12-7)9-10-3-2-4-11-9/h2-6H,1H3. The average Bonchev–Trinajstić information content (AvgIpc) is 2.61. The van der Waals surface area contributed by atoms with Gasteiger partial charge in [0.1, 0.15) is 0 Å². The molecular weight excluding hydrogens is 180 g/mol. The summed E-state index contributed by atoms with van der Waals surface area (Å²) in [6.07, 6.45) is 5.62. The van der Waals surface area contributed by atoms with E-state index in [1.54, 1.807) is 31.6 Å². The van der Waals surface area contributed by atoms with E-state index in [2.05, 4.69) is 15.1 Å². The summed E-state index contributed by atoms with van der Waals surface area (Å²) in [6.45, 7) is 1.77. The number of rotatable bonds is 2. The maximum absolute atomic E-state index is 10.6. The minimum Gasteiger partial charge on any atom is -0.298 e. The first-order valence-electron chi connectivity index (χ1n) is 4.10. The Morgan fingerprint density at radius 1 is 1.36 bits per heavy atom. The Balaban J connectivity index is 2.48. The molecule has 0 atom stereocenters. The molecule has 0 bridgehead atoms. The molecule has 0 aliphatic carbocycles. The molecule has 0 aliphatic rings. The highest BCUT2D eigenvalue weighted by Crippen LogP contribution is 2.05. The highest BCUT2D eigenvalue weighted by Gasteiger charge is 2.05. The van der Waals surface area contributed by atoms with Crippen LogP contribution < -0.4 is 0 Å². The first-order chi connectivity index (χ1) is 6.81. The molecule has 0 saturated heterocycles. The number of carbonyl (C=O) groups is 1. The summed E-state index contributed by atoms with van der Waals surface area (Å²) in [7, 11) is 0. The molecule has 0 saturated carbocycles. The fourth-order valence-corrected chi connectivity index (χ4v) is 1.10. The maximum Gasteiger partial charge on any atom is 0.250 e. The van der Waals surface area contributed by atoms with E-state index >= 15 is 0 Å². The summed E-state index contributed by atoms with van der Waals surface area (Å²) >= 11 is 0. The van der Waals surface area contributed by atoms with Gasteiger partial charge in [-0.15, -0.1) is 0 Å². The van der Waals surface area contributed by atoms with Crippen LogP contribution in [-0.2, 0) is 0 Å². The second-order valence-electron chi connectivity index (χ2n) is 2.78. The largest absolute Gasteiger partial charge is 0.298 e. The van der Waals surface area contributed by atoms with E-state index in [9.17, 15) is 4.79 Å². The third-order valence-electron chi connectivity index (χ3n) is 1.82. The molecule has 2 heterocycles. The molecular formula is C9H8N4O. The molecule has 2 rings (SSSR count). The van der Waals surface area contributed by atoms with Crippen molar-refractivity contribution in [3.8, 4) is 5.95 Å². The van der Waals surface area contributed by atoms with E-state index in [4.69, 9.17) is 0 Å². The Hall–Kier alpha value is -2.04. The number of hydrogen-bond donors (Lipinski definition) is 0. The van der Waals surface area contributed by atoms with Crippen LogP contribution in [-0.4, -0.2) is 26.0 Å². The van der Waals surface area contributed by atoms with Crippen LogP contribution in [0.15, 0.2) is 24.7 Å². The van der Waals surface area contributed by atoms with Crippen LogP contribution in [0.5, 0.6) is 0 Å². The summed E-state index contributed by atoms with van der Waals surface area (Å²) in [5.41, 5.74) is 1.23. The first-order valence-corrected chi connectivity index (χ1v) is 4.10. The van der Waals surface area contributed by atoms with Crippen LogP contribution in [0.4, 0.5) is 0 Å². The number of carbonyl (C=O) groups excluding carboxylic acids is 1. The molecule has 0 aliphatic heterocycles. The lowest BCUT2D eigenvalue weighted by atomic mass is 10.3. The third kappa shape index (κ3) is 1.39. The molecule has 14 heavy (non-hydrogen) atoms. The van der Waals surface area contributed by atoms with Gasteiger partial charge >= 0.3 is 0 Å². The minimum absolute atomic E-state index is 0.462. The lowest BCUT2D eigenvalue weighted by Gasteiger charge is -1.95. The number of nitrogens with zero attached hydrogens (tertiary/aromatic N) is 4. The van der Waals surface area contributed by atoms with Gasteiger partial charge in [0.05, 0.1) is 11.3 Å². The fraction of sp³-hybridized carbons (Fsp3) is 0.111. The SMILES string of the molecule is Cc1nn(-c2ncccn2)cc1C=O. The van der Waals surface area contributed by atoms with Crippen molar-refractivity contribution in [3.05, 3.63) is 35.9 Å². The summed E-state index contributed by atoms with van der Waals surface area (Å²) < 4.78 is 1.49. The number of aromatic nitrogens is 4. The molecule has 2 aromatic heterocycles. The maximum atomic E-state index is 10.6. The Bertz CT molecular complexity index is 449. The van der Waals surface area contributed by atoms with Gasteiger partial charge in [0, 0.05) is 18.6 Å². The van der Waals surface area contributed by atoms with E-state index in [-0.39, 0.29) is 0 Å². The van der Waals surface area contributed by atoms with E-state index in [0.29, 0.717) is 17.2 Å². The molecule has 2 aromatic rings. The average molecular weight is 188 g/mol. The highest BCUT2D eigenvalue weighted by molar-refractivity contribution is 5.75. The van der Waals surface area contributed by atoms with E-state index < -0.39 is 0 Å². The fourth-order valence-electron chi connectivity index (χ4n) is 1.10. The predicted molar refractivity (Wildman–Crippen MR) is 49.3 cm³/mol. The summed E-state index contributed by atoms with van der Waals surface area (Å²) in [5, 5.41) is 4.11. The Morgan fingerprint density at radius 2 is 2.07 bits per heavy atom. The van der Waals surface area contributed by atoms with Gasteiger partial charge in [-0.25, -0.2) is 14.6 Å². The Labute approximate surface area is 80.4 Å². The van der Waals surface area contributed by atoms with Crippen LogP contribution >= 0.6 is 0 Å². The van der Waals surface area contributed by atoms with Crippen molar-refractivity contribution < 1.29 is 4.79 Å². The van der Waals surface area contributed by atoms with Gasteiger partial charge in [0.25, 0.3) is 0 Å². The first kappa shape index (κ1) is 8.55. The van der Waals surface area contributed by atoms with Crippen molar-refractivity contribution in [2.24, 2.45) is 0 Å². The van der Waals surface area contributed by atoms with Crippen LogP contribution in [0.2, 0.25) is 0 Å². The molecule has 0 spiro atoms. The molecule has 0 unspecified atom stereocenters. The lowest BCUT2D eigenvalue weighted by molar-refractivity contribution is 0.112. The zero-order valence-corrected chi connectivity index (χ0v) is 7.58. The summed E-state index contributed by atoms with van der Waals surface area (Å²) in [4.78, 5) is 18.6. The molecule has 0 radical (unpaired) electrons. The van der Waals surface area contributed by atoms with Gasteiger partial charge < -0.3 is 0 Å². The summed E-state index contributed by atoms with van der Waals surface area (Å²) in [6, 6.07) is 1.72. The molecule has 0 aromatic carbocycles. The van der Waals surface area contributed by atoms with Crippen molar-refractivity contribution in [1.82, 2.24) is 19.7 Å². The quantitative estimate of drug-likeness (QED) is 0.653. The van der Waals surface area contributed by atoms with Gasteiger partial charge in [-0.05, 0) is 13.0 Å². The lowest BCUT2D eigenvalue weighted by Crippen LogP contribution is -2.00. The van der Waals surface area contributed by atoms with Gasteiger partial charge in [0.15, 0.2) is 6.29 Å². The topological polar surface area (TPSA) is 60.7 Å². The smallest absolute Gasteiger partial charge is 0.250 e. The Kier molecular flexibility index (Phi) is 2.06. The van der Waals surface area contributed by atoms with Gasteiger partial charge in [-0.2, -0.15) is 5.10 Å². The van der Waals surface area contributed by atoms with Crippen molar-refractivity contribution >= 4 is 6.29 Å². The second-order valence-corrected chi connectivity index (χ2v) is 2.78. The highest BCUT2D eigenvalue weighted by atomic mass is 16.1. The molecule has 0 fully saturated rings. The van der Waals surface area contributed by atoms with Gasteiger partial charge in [0.2, 0.25) is 5.95 Å². The zero-order chi connectivity index (χ0) is 9.97. The van der Waals surface area contributed by atoms with E-state index in [1.165, 1.54) is 4.68 Å². The van der Waals surface area contributed by atoms with Crippen molar-refractivity contribution in [1.29, 1.82) is 0 Å². The number of hydrogen-bond acceptors (Lipinski definition) is 4. The van der Waals surface area contributed by atoms with E-state index in [0.717, 1.165) is 6.29 Å². The van der Waals surface area contributed by atoms with Crippen LogP contribution in [0, 0.1) is 6.92 Å². The van der Waals surface area contributed by atoms with Gasteiger partial charge in [-0.1, -0.05) is 0 Å². The molecule has 5 nitrogen and oxygen atoms in total. The van der Waals surface area contributed by atoms with Crippen molar-refractivity contribution in [2.75, 3.05) is 0 Å². The van der Waals surface area contributed by atoms with Crippen molar-refractivity contribution in [3.63, 3.8) is 0 Å². The zero-order valence-electron chi connectivity index (χ0n) is 7.58. The summed E-state index contributed by atoms with van der Waals surface area (Å²) in [5.74, 6) is 0.462. The predicted octanol–water partition coefficient (Wildman–Crippen LogP) is 0.783. The minimum atomic E-state index is 0.462. The number of aryl methyl sites for hydroxylation is 1. The Morgan fingerprint density at radius 3 is 2.64 bits per heavy atom. The van der Waals surface area contributed by atoms with E-state index in [1.807, 2.05) is 0 Å². The van der Waals surface area contributed by atoms with Crippen molar-refractivity contribution in [2.45, 2.75) is 6.92 Å². The molecule has 70 valence electrons. The molecule has 0 N–H and O–H groups in total. The molecule has 5 heteroatoms. The number of aldehydes is 1. The monoisotopic (exact) mass is 188 g/mol. The second kappa shape index (κ2) is 3.37. The van der Waals surface area contributed by atoms with Crippen LogP contribution in [0.25, 0.3) is 5.95 Å². The third-order valence-corrected chi connectivity index (χ3v) is 1.82.